The number of hydrogen-bond acceptors (Lipinski definition) is 3. The first-order valence-corrected chi connectivity index (χ1v) is 6.12. The zero-order valence-corrected chi connectivity index (χ0v) is 10.7. The van der Waals surface area contributed by atoms with Gasteiger partial charge in [0, 0.05) is 37.5 Å². The first-order valence-electron chi connectivity index (χ1n) is 6.12. The summed E-state index contributed by atoms with van der Waals surface area (Å²) in [7, 11) is 1.63. The maximum atomic E-state index is 12.8. The van der Waals surface area contributed by atoms with Crippen molar-refractivity contribution in [3.05, 3.63) is 23.8 Å². The Morgan fingerprint density at radius 3 is 2.79 bits per heavy atom. The minimum absolute atomic E-state index is 0.233. The van der Waals surface area contributed by atoms with Gasteiger partial charge in [-0.3, -0.25) is 0 Å². The van der Waals surface area contributed by atoms with Gasteiger partial charge in [0.15, 0.2) is 0 Å². The molecule has 3 nitrogen and oxygen atoms in total. The lowest BCUT2D eigenvalue weighted by molar-refractivity contribution is -0.136. The summed E-state index contributed by atoms with van der Waals surface area (Å²) in [6.45, 7) is 2.10. The van der Waals surface area contributed by atoms with E-state index in [9.17, 15) is 13.2 Å². The summed E-state index contributed by atoms with van der Waals surface area (Å²) in [5.41, 5.74) is 4.96. The highest BCUT2D eigenvalue weighted by Gasteiger charge is 2.34. The first-order chi connectivity index (χ1) is 8.91. The molecule has 0 aromatic heterocycles. The van der Waals surface area contributed by atoms with Gasteiger partial charge < -0.3 is 15.4 Å². The highest BCUT2D eigenvalue weighted by molar-refractivity contribution is 5.60. The Morgan fingerprint density at radius 1 is 1.42 bits per heavy atom. The van der Waals surface area contributed by atoms with Crippen molar-refractivity contribution in [2.24, 2.45) is 5.92 Å². The van der Waals surface area contributed by atoms with Crippen LogP contribution >= 0.6 is 0 Å². The molecule has 1 aliphatic rings. The van der Waals surface area contributed by atoms with Crippen molar-refractivity contribution in [1.29, 1.82) is 0 Å². The van der Waals surface area contributed by atoms with E-state index in [2.05, 4.69) is 0 Å². The number of ether oxygens (including phenoxy) is 1. The number of nitrogen functional groups attached to an aromatic ring is 1. The predicted molar refractivity (Wildman–Crippen MR) is 68.1 cm³/mol. The zero-order valence-electron chi connectivity index (χ0n) is 10.7. The Hall–Kier alpha value is -1.43. The van der Waals surface area contributed by atoms with E-state index in [0.29, 0.717) is 18.2 Å². The van der Waals surface area contributed by atoms with Crippen molar-refractivity contribution in [2.75, 3.05) is 37.4 Å². The summed E-state index contributed by atoms with van der Waals surface area (Å²) in [6.07, 6.45) is -3.48. The van der Waals surface area contributed by atoms with E-state index >= 15 is 0 Å². The van der Waals surface area contributed by atoms with Crippen molar-refractivity contribution in [1.82, 2.24) is 0 Å². The average Bonchev–Trinajstić information content (AvgIpc) is 2.77. The largest absolute Gasteiger partial charge is 0.418 e. The number of benzene rings is 1. The maximum absolute atomic E-state index is 12.8. The molecule has 0 amide bonds. The lowest BCUT2D eigenvalue weighted by atomic mass is 10.1. The molecule has 2 N–H and O–H groups in total. The second-order valence-corrected chi connectivity index (χ2v) is 4.83. The number of hydrogen-bond donors (Lipinski definition) is 1. The number of methoxy groups -OCH3 is 1. The SMILES string of the molecule is COCC1CCN(c2ccc(N)c(C(F)(F)F)c2)C1. The third-order valence-corrected chi connectivity index (χ3v) is 3.40. The highest BCUT2D eigenvalue weighted by Crippen LogP contribution is 2.36. The molecule has 1 aliphatic heterocycles. The van der Waals surface area contributed by atoms with Crippen molar-refractivity contribution >= 4 is 11.4 Å². The van der Waals surface area contributed by atoms with Gasteiger partial charge >= 0.3 is 6.18 Å². The molecule has 2 rings (SSSR count). The van der Waals surface area contributed by atoms with E-state index in [-0.39, 0.29) is 5.69 Å². The highest BCUT2D eigenvalue weighted by atomic mass is 19.4. The van der Waals surface area contributed by atoms with Crippen molar-refractivity contribution in [3.8, 4) is 0 Å². The molecule has 1 atom stereocenters. The molecule has 0 saturated carbocycles. The standard InChI is InChI=1S/C13H17F3N2O/c1-19-8-9-4-5-18(7-9)10-2-3-12(17)11(6-10)13(14,15)16/h2-3,6,9H,4-5,7-8,17H2,1H3. The topological polar surface area (TPSA) is 38.5 Å². The molecule has 0 bridgehead atoms. The number of nitrogens with zero attached hydrogens (tertiary/aromatic N) is 1. The first kappa shape index (κ1) is 14.0. The van der Waals surface area contributed by atoms with Gasteiger partial charge in [0.25, 0.3) is 0 Å². The van der Waals surface area contributed by atoms with Crippen LogP contribution in [0.3, 0.4) is 0 Å². The van der Waals surface area contributed by atoms with Gasteiger partial charge in [0.2, 0.25) is 0 Å². The lowest BCUT2D eigenvalue weighted by Gasteiger charge is -2.21. The molecular formula is C13H17F3N2O. The summed E-state index contributed by atoms with van der Waals surface area (Å²) in [4.78, 5) is 1.94. The molecule has 0 aliphatic carbocycles. The minimum Gasteiger partial charge on any atom is -0.398 e. The molecule has 1 aromatic carbocycles. The van der Waals surface area contributed by atoms with Crippen LogP contribution in [0.15, 0.2) is 18.2 Å². The number of nitrogens with two attached hydrogens (primary N) is 1. The molecular weight excluding hydrogens is 257 g/mol. The van der Waals surface area contributed by atoms with Crippen molar-refractivity contribution in [3.63, 3.8) is 0 Å². The van der Waals surface area contributed by atoms with E-state index in [1.165, 1.54) is 6.07 Å². The number of anilines is 2. The van der Waals surface area contributed by atoms with E-state index < -0.39 is 11.7 Å². The van der Waals surface area contributed by atoms with Crippen LogP contribution in [-0.2, 0) is 10.9 Å². The van der Waals surface area contributed by atoms with Crippen LogP contribution in [0.2, 0.25) is 0 Å². The van der Waals surface area contributed by atoms with Gasteiger partial charge in [-0.15, -0.1) is 0 Å². The Morgan fingerprint density at radius 2 is 2.16 bits per heavy atom. The Kier molecular flexibility index (Phi) is 3.89. The smallest absolute Gasteiger partial charge is 0.398 e. The van der Waals surface area contributed by atoms with Gasteiger partial charge in [0.05, 0.1) is 12.2 Å². The average molecular weight is 274 g/mol. The van der Waals surface area contributed by atoms with Gasteiger partial charge in [0.1, 0.15) is 0 Å². The zero-order chi connectivity index (χ0) is 14.0. The van der Waals surface area contributed by atoms with Crippen LogP contribution in [-0.4, -0.2) is 26.8 Å². The van der Waals surface area contributed by atoms with E-state index in [4.69, 9.17) is 10.5 Å². The van der Waals surface area contributed by atoms with Crippen LogP contribution in [0.4, 0.5) is 24.5 Å². The fourth-order valence-electron chi connectivity index (χ4n) is 2.43. The molecule has 1 saturated heterocycles. The van der Waals surface area contributed by atoms with Crippen molar-refractivity contribution in [2.45, 2.75) is 12.6 Å². The summed E-state index contributed by atoms with van der Waals surface area (Å²) in [5, 5.41) is 0. The van der Waals surface area contributed by atoms with Crippen molar-refractivity contribution < 1.29 is 17.9 Å². The molecule has 1 unspecified atom stereocenters. The van der Waals surface area contributed by atoms with Gasteiger partial charge in [-0.2, -0.15) is 13.2 Å². The van der Waals surface area contributed by atoms with Gasteiger partial charge in [-0.05, 0) is 24.6 Å². The van der Waals surface area contributed by atoms with Crippen LogP contribution in [0.25, 0.3) is 0 Å². The number of alkyl halides is 3. The second-order valence-electron chi connectivity index (χ2n) is 4.83. The van der Waals surface area contributed by atoms with Crippen LogP contribution in [0.5, 0.6) is 0 Å². The molecule has 1 fully saturated rings. The summed E-state index contributed by atoms with van der Waals surface area (Å²) < 4.78 is 43.5. The van der Waals surface area contributed by atoms with E-state index in [1.54, 1.807) is 13.2 Å². The molecule has 0 radical (unpaired) electrons. The van der Waals surface area contributed by atoms with E-state index in [1.807, 2.05) is 4.90 Å². The van der Waals surface area contributed by atoms with Crippen LogP contribution in [0, 0.1) is 5.92 Å². The number of halogens is 3. The summed E-state index contributed by atoms with van der Waals surface area (Å²) in [5.74, 6) is 0.372. The van der Waals surface area contributed by atoms with Gasteiger partial charge in [-0.1, -0.05) is 0 Å². The number of rotatable bonds is 3. The third-order valence-electron chi connectivity index (χ3n) is 3.40. The second kappa shape index (κ2) is 5.28. The lowest BCUT2D eigenvalue weighted by Crippen LogP contribution is -2.21. The fourth-order valence-corrected chi connectivity index (χ4v) is 2.43. The summed E-state index contributed by atoms with van der Waals surface area (Å²) >= 11 is 0. The third kappa shape index (κ3) is 3.12. The molecule has 1 aromatic rings. The fraction of sp³-hybridized carbons (Fsp3) is 0.538. The molecule has 19 heavy (non-hydrogen) atoms. The molecule has 0 spiro atoms. The molecule has 1 heterocycles. The van der Waals surface area contributed by atoms with Crippen LogP contribution in [0.1, 0.15) is 12.0 Å². The molecule has 6 heteroatoms. The predicted octanol–water partition coefficient (Wildman–Crippen LogP) is 2.76. The Labute approximate surface area is 110 Å². The van der Waals surface area contributed by atoms with Crippen LogP contribution < -0.4 is 10.6 Å². The van der Waals surface area contributed by atoms with Gasteiger partial charge in [-0.25, -0.2) is 0 Å². The molecule has 106 valence electrons. The monoisotopic (exact) mass is 274 g/mol. The Bertz CT molecular complexity index is 448. The Balaban J connectivity index is 2.18. The quantitative estimate of drug-likeness (QED) is 0.861. The minimum atomic E-state index is -4.41. The summed E-state index contributed by atoms with van der Waals surface area (Å²) in [6, 6.07) is 4.09. The maximum Gasteiger partial charge on any atom is 0.418 e. The normalized spacial score (nSPS) is 20.0. The van der Waals surface area contributed by atoms with E-state index in [0.717, 1.165) is 25.6 Å².